The minimum Gasteiger partial charge on any atom is -0.381 e. The second-order valence-electron chi connectivity index (χ2n) is 6.13. The van der Waals surface area contributed by atoms with Gasteiger partial charge in [0.2, 0.25) is 0 Å². The van der Waals surface area contributed by atoms with Crippen molar-refractivity contribution in [3.05, 3.63) is 0 Å². The quantitative estimate of drug-likeness (QED) is 0.816. The molecule has 2 fully saturated rings. The normalized spacial score (nSPS) is 37.2. The molecule has 3 heteroatoms. The minimum absolute atomic E-state index is 0.606. The number of piperidine rings is 1. The maximum Gasteiger partial charge on any atom is 0.0469 e. The molecule has 0 aromatic rings. The van der Waals surface area contributed by atoms with Crippen LogP contribution in [0.5, 0.6) is 0 Å². The Morgan fingerprint density at radius 1 is 1.24 bits per heavy atom. The Labute approximate surface area is 106 Å². The number of rotatable bonds is 3. The van der Waals surface area contributed by atoms with Crippen LogP contribution in [0, 0.1) is 17.8 Å². The van der Waals surface area contributed by atoms with Crippen LogP contribution in [0.1, 0.15) is 33.1 Å². The molecule has 2 aliphatic heterocycles. The van der Waals surface area contributed by atoms with Gasteiger partial charge in [-0.2, -0.15) is 0 Å². The standard InChI is InChI=1S/C14H28N2O/c1-11-7-12(2)14(8-15)16(9-11)10-13-3-5-17-6-4-13/h11-14H,3-10,15H2,1-2H3. The van der Waals surface area contributed by atoms with Crippen molar-refractivity contribution in [2.24, 2.45) is 23.5 Å². The summed E-state index contributed by atoms with van der Waals surface area (Å²) in [6.07, 6.45) is 3.80. The molecule has 100 valence electrons. The van der Waals surface area contributed by atoms with Crippen LogP contribution in [0.3, 0.4) is 0 Å². The summed E-state index contributed by atoms with van der Waals surface area (Å²) in [5.74, 6) is 2.41. The van der Waals surface area contributed by atoms with E-state index < -0.39 is 0 Å². The third-order valence-electron chi connectivity index (χ3n) is 4.52. The lowest BCUT2D eigenvalue weighted by Crippen LogP contribution is -2.52. The van der Waals surface area contributed by atoms with E-state index in [-0.39, 0.29) is 0 Å². The average molecular weight is 240 g/mol. The molecule has 2 aliphatic rings. The number of nitrogens with zero attached hydrogens (tertiary/aromatic N) is 1. The van der Waals surface area contributed by atoms with E-state index in [2.05, 4.69) is 18.7 Å². The second kappa shape index (κ2) is 6.17. The van der Waals surface area contributed by atoms with E-state index in [0.717, 1.165) is 37.5 Å². The summed E-state index contributed by atoms with van der Waals surface area (Å²) in [5.41, 5.74) is 5.97. The van der Waals surface area contributed by atoms with Crippen molar-refractivity contribution in [3.63, 3.8) is 0 Å². The van der Waals surface area contributed by atoms with E-state index in [1.54, 1.807) is 0 Å². The summed E-state index contributed by atoms with van der Waals surface area (Å²) in [5, 5.41) is 0. The van der Waals surface area contributed by atoms with Gasteiger partial charge in [-0.05, 0) is 37.0 Å². The highest BCUT2D eigenvalue weighted by Gasteiger charge is 2.32. The molecule has 2 heterocycles. The fourth-order valence-corrected chi connectivity index (χ4v) is 3.61. The van der Waals surface area contributed by atoms with Gasteiger partial charge in [0.25, 0.3) is 0 Å². The molecule has 0 saturated carbocycles. The zero-order valence-corrected chi connectivity index (χ0v) is 11.4. The van der Waals surface area contributed by atoms with Gasteiger partial charge in [-0.1, -0.05) is 13.8 Å². The second-order valence-corrected chi connectivity index (χ2v) is 6.13. The monoisotopic (exact) mass is 240 g/mol. The summed E-state index contributed by atoms with van der Waals surface area (Å²) < 4.78 is 5.44. The smallest absolute Gasteiger partial charge is 0.0469 e. The van der Waals surface area contributed by atoms with Crippen LogP contribution in [0.15, 0.2) is 0 Å². The zero-order chi connectivity index (χ0) is 12.3. The number of ether oxygens (including phenoxy) is 1. The van der Waals surface area contributed by atoms with E-state index in [1.807, 2.05) is 0 Å². The first-order valence-corrected chi connectivity index (χ1v) is 7.22. The first kappa shape index (κ1) is 13.3. The van der Waals surface area contributed by atoms with Crippen molar-refractivity contribution < 1.29 is 4.74 Å². The van der Waals surface area contributed by atoms with Gasteiger partial charge < -0.3 is 10.5 Å². The van der Waals surface area contributed by atoms with Gasteiger partial charge in [0.15, 0.2) is 0 Å². The number of likely N-dealkylation sites (tertiary alicyclic amines) is 1. The van der Waals surface area contributed by atoms with Gasteiger partial charge in [-0.3, -0.25) is 4.90 Å². The molecule has 3 nitrogen and oxygen atoms in total. The highest BCUT2D eigenvalue weighted by molar-refractivity contribution is 4.86. The molecule has 0 aromatic carbocycles. The van der Waals surface area contributed by atoms with Crippen LogP contribution in [0.2, 0.25) is 0 Å². The Kier molecular flexibility index (Phi) is 4.83. The van der Waals surface area contributed by atoms with Gasteiger partial charge in [-0.15, -0.1) is 0 Å². The minimum atomic E-state index is 0.606. The highest BCUT2D eigenvalue weighted by Crippen LogP contribution is 2.28. The first-order chi connectivity index (χ1) is 8.20. The van der Waals surface area contributed by atoms with E-state index in [0.29, 0.717) is 6.04 Å². The number of nitrogens with two attached hydrogens (primary N) is 1. The maximum absolute atomic E-state index is 5.97. The molecule has 2 saturated heterocycles. The van der Waals surface area contributed by atoms with E-state index >= 15 is 0 Å². The lowest BCUT2D eigenvalue weighted by molar-refractivity contribution is 0.0185. The Hall–Kier alpha value is -0.120. The largest absolute Gasteiger partial charge is 0.381 e. The molecule has 0 radical (unpaired) electrons. The van der Waals surface area contributed by atoms with Gasteiger partial charge >= 0.3 is 0 Å². The van der Waals surface area contributed by atoms with Crippen LogP contribution >= 0.6 is 0 Å². The molecule has 0 aromatic heterocycles. The lowest BCUT2D eigenvalue weighted by Gasteiger charge is -2.44. The summed E-state index contributed by atoms with van der Waals surface area (Å²) in [6.45, 7) is 9.94. The summed E-state index contributed by atoms with van der Waals surface area (Å²) in [7, 11) is 0. The van der Waals surface area contributed by atoms with E-state index in [4.69, 9.17) is 10.5 Å². The molecule has 0 bridgehead atoms. The van der Waals surface area contributed by atoms with Gasteiger partial charge in [0.1, 0.15) is 0 Å². The summed E-state index contributed by atoms with van der Waals surface area (Å²) in [6, 6.07) is 0.606. The predicted octanol–water partition coefficient (Wildman–Crippen LogP) is 1.72. The average Bonchev–Trinajstić information content (AvgIpc) is 2.30. The predicted molar refractivity (Wildman–Crippen MR) is 70.9 cm³/mol. The van der Waals surface area contributed by atoms with Gasteiger partial charge in [0.05, 0.1) is 0 Å². The van der Waals surface area contributed by atoms with E-state index in [9.17, 15) is 0 Å². The Morgan fingerprint density at radius 3 is 2.59 bits per heavy atom. The Balaban J connectivity index is 1.91. The zero-order valence-electron chi connectivity index (χ0n) is 11.4. The molecule has 2 N–H and O–H groups in total. The fraction of sp³-hybridized carbons (Fsp3) is 1.00. The third kappa shape index (κ3) is 3.43. The van der Waals surface area contributed by atoms with Crippen molar-refractivity contribution in [3.8, 4) is 0 Å². The van der Waals surface area contributed by atoms with Crippen molar-refractivity contribution in [1.82, 2.24) is 4.90 Å². The topological polar surface area (TPSA) is 38.5 Å². The Morgan fingerprint density at radius 2 is 1.94 bits per heavy atom. The number of hydrogen-bond acceptors (Lipinski definition) is 3. The van der Waals surface area contributed by atoms with Crippen molar-refractivity contribution >= 4 is 0 Å². The molecule has 2 rings (SSSR count). The Bertz CT molecular complexity index is 228. The van der Waals surface area contributed by atoms with Crippen LogP contribution in [-0.2, 0) is 4.74 Å². The third-order valence-corrected chi connectivity index (χ3v) is 4.52. The van der Waals surface area contributed by atoms with E-state index in [1.165, 1.54) is 32.4 Å². The molecule has 3 unspecified atom stereocenters. The first-order valence-electron chi connectivity index (χ1n) is 7.22. The summed E-state index contributed by atoms with van der Waals surface area (Å²) in [4.78, 5) is 2.66. The molecule has 0 spiro atoms. The number of hydrogen-bond donors (Lipinski definition) is 1. The van der Waals surface area contributed by atoms with Crippen molar-refractivity contribution in [2.75, 3.05) is 32.8 Å². The lowest BCUT2D eigenvalue weighted by atomic mass is 9.84. The highest BCUT2D eigenvalue weighted by atomic mass is 16.5. The van der Waals surface area contributed by atoms with Crippen LogP contribution in [-0.4, -0.2) is 43.8 Å². The molecule has 0 aliphatic carbocycles. The summed E-state index contributed by atoms with van der Waals surface area (Å²) >= 11 is 0. The SMILES string of the molecule is CC1CC(C)C(CN)N(CC2CCOCC2)C1. The molecular formula is C14H28N2O. The molecule has 17 heavy (non-hydrogen) atoms. The van der Waals surface area contributed by atoms with Crippen molar-refractivity contribution in [2.45, 2.75) is 39.2 Å². The molecule has 3 atom stereocenters. The molecule has 0 amide bonds. The van der Waals surface area contributed by atoms with Gasteiger partial charge in [-0.25, -0.2) is 0 Å². The van der Waals surface area contributed by atoms with Crippen LogP contribution in [0.4, 0.5) is 0 Å². The maximum atomic E-state index is 5.97. The van der Waals surface area contributed by atoms with Crippen LogP contribution < -0.4 is 5.73 Å². The fourth-order valence-electron chi connectivity index (χ4n) is 3.61. The van der Waals surface area contributed by atoms with Crippen LogP contribution in [0.25, 0.3) is 0 Å². The van der Waals surface area contributed by atoms with Crippen molar-refractivity contribution in [1.29, 1.82) is 0 Å². The molecular weight excluding hydrogens is 212 g/mol. The van der Waals surface area contributed by atoms with Gasteiger partial charge in [0, 0.05) is 38.9 Å².